The quantitative estimate of drug-likeness (QED) is 0.599. The number of nitriles is 1. The molecule has 0 saturated carbocycles. The van der Waals surface area contributed by atoms with Crippen LogP contribution in [-0.4, -0.2) is 12.8 Å². The van der Waals surface area contributed by atoms with Crippen molar-refractivity contribution < 1.29 is 0 Å². The van der Waals surface area contributed by atoms with Crippen molar-refractivity contribution in [2.45, 2.75) is 13.8 Å². The molecule has 1 aromatic carbocycles. The van der Waals surface area contributed by atoms with Crippen LogP contribution in [0.25, 0.3) is 0 Å². The molecule has 0 amide bonds. The molecule has 0 heterocycles. The van der Waals surface area contributed by atoms with Crippen molar-refractivity contribution in [1.29, 1.82) is 5.26 Å². The van der Waals surface area contributed by atoms with Crippen LogP contribution in [-0.2, 0) is 0 Å². The molecular formula is C11H12N2. The summed E-state index contributed by atoms with van der Waals surface area (Å²) in [5, 5.41) is 8.75. The van der Waals surface area contributed by atoms with Crippen molar-refractivity contribution in [2.75, 3.05) is 7.05 Å². The second kappa shape index (κ2) is 3.86. The summed E-state index contributed by atoms with van der Waals surface area (Å²) in [7, 11) is 1.75. The van der Waals surface area contributed by atoms with E-state index >= 15 is 0 Å². The average Bonchev–Trinajstić information content (AvgIpc) is 2.15. The number of hydrogen-bond acceptors (Lipinski definition) is 2. The summed E-state index contributed by atoms with van der Waals surface area (Å²) in [6.45, 7) is 3.92. The first-order chi connectivity index (χ1) is 6.17. The molecule has 0 aliphatic carbocycles. The Morgan fingerprint density at radius 3 is 2.62 bits per heavy atom. The molecule has 1 aromatic rings. The maximum absolute atomic E-state index is 8.75. The van der Waals surface area contributed by atoms with E-state index in [1.54, 1.807) is 7.05 Å². The minimum Gasteiger partial charge on any atom is -0.293 e. The van der Waals surface area contributed by atoms with Crippen LogP contribution in [0.5, 0.6) is 0 Å². The molecule has 0 bridgehead atoms. The maximum Gasteiger partial charge on any atom is 0.0991 e. The van der Waals surface area contributed by atoms with E-state index in [4.69, 9.17) is 5.26 Å². The third kappa shape index (κ3) is 2.16. The predicted octanol–water partition coefficient (Wildman–Crippen LogP) is 2.31. The Balaban J connectivity index is 3.26. The molecule has 0 atom stereocenters. The third-order valence-electron chi connectivity index (χ3n) is 1.96. The molecule has 0 unspecified atom stereocenters. The number of aliphatic imine (C=N–C) groups is 1. The fourth-order valence-corrected chi connectivity index (χ4v) is 1.19. The van der Waals surface area contributed by atoms with E-state index in [9.17, 15) is 0 Å². The lowest BCUT2D eigenvalue weighted by atomic mass is 10.0. The van der Waals surface area contributed by atoms with Crippen molar-refractivity contribution >= 4 is 5.71 Å². The van der Waals surface area contributed by atoms with Gasteiger partial charge >= 0.3 is 0 Å². The number of aryl methyl sites for hydroxylation is 1. The highest BCUT2D eigenvalue weighted by Gasteiger charge is 1.99. The first-order valence-corrected chi connectivity index (χ1v) is 4.13. The van der Waals surface area contributed by atoms with E-state index in [0.717, 1.165) is 16.8 Å². The lowest BCUT2D eigenvalue weighted by Gasteiger charge is -2.01. The molecule has 0 aliphatic heterocycles. The van der Waals surface area contributed by atoms with Crippen LogP contribution < -0.4 is 0 Å². The Morgan fingerprint density at radius 2 is 2.08 bits per heavy atom. The van der Waals surface area contributed by atoms with Gasteiger partial charge in [-0.25, -0.2) is 0 Å². The number of benzene rings is 1. The van der Waals surface area contributed by atoms with Gasteiger partial charge in [0.05, 0.1) is 11.6 Å². The second-order valence-corrected chi connectivity index (χ2v) is 3.01. The fourth-order valence-electron chi connectivity index (χ4n) is 1.19. The molecule has 0 aromatic heterocycles. The van der Waals surface area contributed by atoms with Crippen LogP contribution in [0.2, 0.25) is 0 Å². The van der Waals surface area contributed by atoms with Gasteiger partial charge in [0.2, 0.25) is 0 Å². The van der Waals surface area contributed by atoms with Gasteiger partial charge in [-0.15, -0.1) is 0 Å². The minimum atomic E-state index is 0.693. The van der Waals surface area contributed by atoms with Gasteiger partial charge in [-0.2, -0.15) is 5.26 Å². The molecule has 0 spiro atoms. The van der Waals surface area contributed by atoms with Crippen LogP contribution in [0, 0.1) is 18.3 Å². The zero-order valence-corrected chi connectivity index (χ0v) is 8.13. The van der Waals surface area contributed by atoms with Crippen molar-refractivity contribution in [3.05, 3.63) is 34.9 Å². The summed E-state index contributed by atoms with van der Waals surface area (Å²) < 4.78 is 0. The Kier molecular flexibility index (Phi) is 2.81. The van der Waals surface area contributed by atoms with Gasteiger partial charge in [0.25, 0.3) is 0 Å². The van der Waals surface area contributed by atoms with Gasteiger partial charge in [0.15, 0.2) is 0 Å². The molecule has 0 N–H and O–H groups in total. The summed E-state index contributed by atoms with van der Waals surface area (Å²) in [6, 6.07) is 7.89. The predicted molar refractivity (Wildman–Crippen MR) is 54.0 cm³/mol. The molecule has 2 heteroatoms. The molecule has 66 valence electrons. The zero-order chi connectivity index (χ0) is 9.84. The maximum atomic E-state index is 8.75. The van der Waals surface area contributed by atoms with Crippen molar-refractivity contribution in [3.63, 3.8) is 0 Å². The summed E-state index contributed by atoms with van der Waals surface area (Å²) in [4.78, 5) is 4.08. The molecule has 13 heavy (non-hydrogen) atoms. The summed E-state index contributed by atoms with van der Waals surface area (Å²) in [5.74, 6) is 0. The lowest BCUT2D eigenvalue weighted by Crippen LogP contribution is -1.95. The monoisotopic (exact) mass is 172 g/mol. The van der Waals surface area contributed by atoms with E-state index in [-0.39, 0.29) is 0 Å². The zero-order valence-electron chi connectivity index (χ0n) is 8.13. The standard InChI is InChI=1S/C11H12N2/c1-8-4-10(7-12)6-11(5-8)9(2)13-3/h4-6H,1-3H3/b13-9-. The van der Waals surface area contributed by atoms with Crippen molar-refractivity contribution in [1.82, 2.24) is 0 Å². The average molecular weight is 172 g/mol. The van der Waals surface area contributed by atoms with E-state index in [1.165, 1.54) is 0 Å². The van der Waals surface area contributed by atoms with Crippen LogP contribution in [0.15, 0.2) is 23.2 Å². The molecule has 0 radical (unpaired) electrons. The highest BCUT2D eigenvalue weighted by Crippen LogP contribution is 2.09. The Hall–Kier alpha value is -1.62. The van der Waals surface area contributed by atoms with Crippen molar-refractivity contribution in [3.8, 4) is 6.07 Å². The van der Waals surface area contributed by atoms with E-state index < -0.39 is 0 Å². The fraction of sp³-hybridized carbons (Fsp3) is 0.273. The largest absolute Gasteiger partial charge is 0.293 e. The summed E-state index contributed by atoms with van der Waals surface area (Å²) in [6.07, 6.45) is 0. The second-order valence-electron chi connectivity index (χ2n) is 3.01. The Morgan fingerprint density at radius 1 is 1.38 bits per heavy atom. The normalized spacial score (nSPS) is 11.1. The molecule has 0 aliphatic rings. The Labute approximate surface area is 78.5 Å². The van der Waals surface area contributed by atoms with E-state index in [2.05, 4.69) is 11.1 Å². The highest BCUT2D eigenvalue weighted by atomic mass is 14.7. The van der Waals surface area contributed by atoms with Gasteiger partial charge in [0, 0.05) is 12.8 Å². The lowest BCUT2D eigenvalue weighted by molar-refractivity contribution is 1.37. The molecular weight excluding hydrogens is 160 g/mol. The first-order valence-electron chi connectivity index (χ1n) is 4.13. The molecule has 0 fully saturated rings. The first kappa shape index (κ1) is 9.47. The minimum absolute atomic E-state index is 0.693. The van der Waals surface area contributed by atoms with Gasteiger partial charge in [-0.05, 0) is 37.1 Å². The smallest absolute Gasteiger partial charge is 0.0991 e. The van der Waals surface area contributed by atoms with Crippen molar-refractivity contribution in [2.24, 2.45) is 4.99 Å². The SMILES string of the molecule is C/N=C(/C)c1cc(C)cc(C#N)c1. The number of rotatable bonds is 1. The summed E-state index contributed by atoms with van der Waals surface area (Å²) in [5.41, 5.74) is 3.77. The van der Waals surface area contributed by atoms with Crippen LogP contribution >= 0.6 is 0 Å². The molecule has 0 saturated heterocycles. The topological polar surface area (TPSA) is 36.1 Å². The Bertz CT molecular complexity index is 384. The van der Waals surface area contributed by atoms with E-state index in [0.29, 0.717) is 5.56 Å². The van der Waals surface area contributed by atoms with Gasteiger partial charge in [0.1, 0.15) is 0 Å². The van der Waals surface area contributed by atoms with Gasteiger partial charge < -0.3 is 0 Å². The van der Waals surface area contributed by atoms with Crippen LogP contribution in [0.4, 0.5) is 0 Å². The number of nitrogens with zero attached hydrogens (tertiary/aromatic N) is 2. The highest BCUT2D eigenvalue weighted by molar-refractivity contribution is 5.99. The third-order valence-corrected chi connectivity index (χ3v) is 1.96. The van der Waals surface area contributed by atoms with Gasteiger partial charge in [-0.3, -0.25) is 4.99 Å². The van der Waals surface area contributed by atoms with Crippen LogP contribution in [0.3, 0.4) is 0 Å². The van der Waals surface area contributed by atoms with Gasteiger partial charge in [-0.1, -0.05) is 6.07 Å². The molecule has 2 nitrogen and oxygen atoms in total. The summed E-state index contributed by atoms with van der Waals surface area (Å²) >= 11 is 0. The number of hydrogen-bond donors (Lipinski definition) is 0. The van der Waals surface area contributed by atoms with E-state index in [1.807, 2.05) is 32.0 Å². The van der Waals surface area contributed by atoms with Crippen LogP contribution in [0.1, 0.15) is 23.6 Å². The molecule has 1 rings (SSSR count).